The van der Waals surface area contributed by atoms with Gasteiger partial charge in [0, 0.05) is 30.6 Å². The lowest BCUT2D eigenvalue weighted by Gasteiger charge is -2.25. The zero-order valence-electron chi connectivity index (χ0n) is 14.6. The molecule has 0 aliphatic rings. The van der Waals surface area contributed by atoms with E-state index in [-0.39, 0.29) is 24.1 Å². The van der Waals surface area contributed by atoms with Gasteiger partial charge in [-0.05, 0) is 43.2 Å². The second-order valence-corrected chi connectivity index (χ2v) is 8.71. The fourth-order valence-electron chi connectivity index (χ4n) is 2.50. The predicted octanol–water partition coefficient (Wildman–Crippen LogP) is 1.49. The van der Waals surface area contributed by atoms with Crippen molar-refractivity contribution in [3.63, 3.8) is 0 Å². The molecule has 7 nitrogen and oxygen atoms in total. The van der Waals surface area contributed by atoms with Crippen LogP contribution in [0.2, 0.25) is 0 Å². The van der Waals surface area contributed by atoms with Gasteiger partial charge in [0.1, 0.15) is 11.6 Å². The van der Waals surface area contributed by atoms with Crippen LogP contribution < -0.4 is 11.0 Å². The molecule has 0 saturated carbocycles. The van der Waals surface area contributed by atoms with Crippen LogP contribution in [0.5, 0.6) is 0 Å². The lowest BCUT2D eigenvalue weighted by atomic mass is 10.1. The molecule has 10 heteroatoms. The molecule has 2 N–H and O–H groups in total. The number of amides is 1. The maximum absolute atomic E-state index is 13.8. The maximum Gasteiger partial charge on any atom is 0.264 e. The van der Waals surface area contributed by atoms with Crippen LogP contribution >= 0.6 is 0 Å². The van der Waals surface area contributed by atoms with Gasteiger partial charge in [-0.15, -0.1) is 0 Å². The quantitative estimate of drug-likeness (QED) is 0.565. The van der Waals surface area contributed by atoms with Crippen molar-refractivity contribution in [2.24, 2.45) is 0 Å². The molecular formula is C17H18F2N2O5S. The zero-order chi connectivity index (χ0) is 20.4. The van der Waals surface area contributed by atoms with E-state index in [0.717, 1.165) is 42.0 Å². The molecule has 27 heavy (non-hydrogen) atoms. The molecule has 1 heterocycles. The van der Waals surface area contributed by atoms with Gasteiger partial charge in [0.25, 0.3) is 11.5 Å². The van der Waals surface area contributed by atoms with Crippen molar-refractivity contribution in [3.8, 4) is 11.1 Å². The average Bonchev–Trinajstić information content (AvgIpc) is 2.60. The molecule has 2 rings (SSSR count). The Hall–Kier alpha value is -2.59. The highest BCUT2D eigenvalue weighted by Crippen LogP contribution is 2.24. The van der Waals surface area contributed by atoms with Crippen molar-refractivity contribution >= 4 is 15.7 Å². The van der Waals surface area contributed by atoms with E-state index in [4.69, 9.17) is 5.21 Å². The van der Waals surface area contributed by atoms with Gasteiger partial charge < -0.3 is 4.57 Å². The minimum atomic E-state index is -3.90. The third-order valence-corrected chi connectivity index (χ3v) is 6.49. The lowest BCUT2D eigenvalue weighted by Crippen LogP contribution is -2.49. The largest absolute Gasteiger partial charge is 0.315 e. The monoisotopic (exact) mass is 400 g/mol. The third-order valence-electron chi connectivity index (χ3n) is 4.47. The summed E-state index contributed by atoms with van der Waals surface area (Å²) in [7, 11) is -3.90. The fraction of sp³-hybridized carbons (Fsp3) is 0.294. The first-order valence-corrected chi connectivity index (χ1v) is 9.69. The van der Waals surface area contributed by atoms with Crippen molar-refractivity contribution in [2.45, 2.75) is 24.6 Å². The number of nitrogens with zero attached hydrogens (tertiary/aromatic N) is 1. The number of nitrogens with one attached hydrogen (secondary N) is 1. The highest BCUT2D eigenvalue weighted by Gasteiger charge is 2.43. The number of carbonyl (C=O) groups is 1. The van der Waals surface area contributed by atoms with Crippen LogP contribution in [0.25, 0.3) is 11.1 Å². The van der Waals surface area contributed by atoms with Gasteiger partial charge in [-0.2, -0.15) is 0 Å². The Labute approximate surface area is 154 Å². The molecule has 0 radical (unpaired) electrons. The summed E-state index contributed by atoms with van der Waals surface area (Å²) in [4.78, 5) is 24.1. The van der Waals surface area contributed by atoms with Crippen LogP contribution in [-0.4, -0.2) is 35.1 Å². The van der Waals surface area contributed by atoms with Crippen LogP contribution in [0.15, 0.2) is 41.3 Å². The molecule has 2 aromatic rings. The molecule has 0 aliphatic heterocycles. The van der Waals surface area contributed by atoms with Crippen molar-refractivity contribution < 1.29 is 27.2 Å². The van der Waals surface area contributed by atoms with E-state index in [2.05, 4.69) is 0 Å². The molecule has 0 saturated heterocycles. The number of rotatable bonds is 6. The first-order valence-electron chi connectivity index (χ1n) is 7.79. The van der Waals surface area contributed by atoms with Gasteiger partial charge >= 0.3 is 0 Å². The highest BCUT2D eigenvalue weighted by molar-refractivity contribution is 7.92. The molecule has 0 aliphatic carbocycles. The van der Waals surface area contributed by atoms with Crippen LogP contribution in [0.3, 0.4) is 0 Å². The Morgan fingerprint density at radius 1 is 1.26 bits per heavy atom. The minimum Gasteiger partial charge on any atom is -0.315 e. The normalized spacial score (nSPS) is 13.8. The Morgan fingerprint density at radius 2 is 1.93 bits per heavy atom. The molecule has 1 amide bonds. The Kier molecular flexibility index (Phi) is 5.81. The van der Waals surface area contributed by atoms with Crippen LogP contribution in [-0.2, 0) is 21.2 Å². The average molecular weight is 400 g/mol. The smallest absolute Gasteiger partial charge is 0.264 e. The van der Waals surface area contributed by atoms with Crippen LogP contribution in [0.1, 0.15) is 13.3 Å². The fourth-order valence-corrected chi connectivity index (χ4v) is 3.34. The number of hydrogen-bond donors (Lipinski definition) is 2. The number of aromatic nitrogens is 1. The standard InChI is InChI=1S/C17H18F2N2O5S/c1-17(16(23)20-24,27(2,25)26)6-8-21-7-5-11(9-15(21)22)13-10-12(18)3-4-14(13)19/h3-5,7,9-10,24H,6,8H2,1-2H3,(H,20,23)/t17-/m1/s1. The zero-order valence-corrected chi connectivity index (χ0v) is 15.4. The summed E-state index contributed by atoms with van der Waals surface area (Å²) in [6.45, 7) is 0.983. The molecule has 0 spiro atoms. The summed E-state index contributed by atoms with van der Waals surface area (Å²) >= 11 is 0. The predicted molar refractivity (Wildman–Crippen MR) is 93.8 cm³/mol. The van der Waals surface area contributed by atoms with Crippen molar-refractivity contribution in [3.05, 3.63) is 58.5 Å². The molecule has 1 aromatic carbocycles. The number of carbonyl (C=O) groups excluding carboxylic acids is 1. The topological polar surface area (TPSA) is 105 Å². The molecule has 146 valence electrons. The minimum absolute atomic E-state index is 0.0834. The van der Waals surface area contributed by atoms with E-state index < -0.39 is 37.7 Å². The molecule has 0 fully saturated rings. The van der Waals surface area contributed by atoms with Gasteiger partial charge in [0.2, 0.25) is 0 Å². The van der Waals surface area contributed by atoms with Crippen molar-refractivity contribution in [1.29, 1.82) is 0 Å². The number of hydrogen-bond acceptors (Lipinski definition) is 5. The lowest BCUT2D eigenvalue weighted by molar-refractivity contribution is -0.131. The highest BCUT2D eigenvalue weighted by atomic mass is 32.2. The summed E-state index contributed by atoms with van der Waals surface area (Å²) in [6.07, 6.45) is 1.86. The summed E-state index contributed by atoms with van der Waals surface area (Å²) in [5.41, 5.74) is 0.812. The summed E-state index contributed by atoms with van der Waals surface area (Å²) in [5, 5.41) is 8.80. The van der Waals surface area contributed by atoms with E-state index in [1.54, 1.807) is 0 Å². The van der Waals surface area contributed by atoms with E-state index in [9.17, 15) is 26.8 Å². The van der Waals surface area contributed by atoms with E-state index in [1.165, 1.54) is 17.7 Å². The number of aryl methyl sites for hydroxylation is 1. The van der Waals surface area contributed by atoms with Crippen molar-refractivity contribution in [1.82, 2.24) is 10.0 Å². The molecule has 1 aromatic heterocycles. The SMILES string of the molecule is C[C@@](CCn1ccc(-c2cc(F)ccc2F)cc1=O)(C(=O)NO)S(C)(=O)=O. The summed E-state index contributed by atoms with van der Waals surface area (Å²) < 4.78 is 50.2. The number of halogens is 2. The van der Waals surface area contributed by atoms with Gasteiger partial charge in [-0.1, -0.05) is 0 Å². The van der Waals surface area contributed by atoms with Crippen molar-refractivity contribution in [2.75, 3.05) is 6.26 Å². The van der Waals surface area contributed by atoms with Gasteiger partial charge in [0.15, 0.2) is 14.6 Å². The number of hydroxylamine groups is 1. The molecule has 1 atom stereocenters. The summed E-state index contributed by atoms with van der Waals surface area (Å²) in [5.74, 6) is -2.47. The van der Waals surface area contributed by atoms with E-state index in [1.807, 2.05) is 0 Å². The van der Waals surface area contributed by atoms with E-state index >= 15 is 0 Å². The van der Waals surface area contributed by atoms with Gasteiger partial charge in [-0.25, -0.2) is 22.7 Å². The summed E-state index contributed by atoms with van der Waals surface area (Å²) in [6, 6.07) is 5.32. The Morgan fingerprint density at radius 3 is 2.48 bits per heavy atom. The maximum atomic E-state index is 13.8. The van der Waals surface area contributed by atoms with Crippen LogP contribution in [0.4, 0.5) is 8.78 Å². The first kappa shape index (κ1) is 20.7. The Bertz CT molecular complexity index is 1040. The van der Waals surface area contributed by atoms with Gasteiger partial charge in [-0.3, -0.25) is 14.8 Å². The second-order valence-electron chi connectivity index (χ2n) is 6.27. The molecule has 0 bridgehead atoms. The van der Waals surface area contributed by atoms with Gasteiger partial charge in [0.05, 0.1) is 0 Å². The number of benzene rings is 1. The second kappa shape index (κ2) is 7.57. The molecular weight excluding hydrogens is 382 g/mol. The van der Waals surface area contributed by atoms with E-state index in [0.29, 0.717) is 0 Å². The number of sulfone groups is 1. The number of pyridine rings is 1. The molecule has 0 unspecified atom stereocenters. The first-order chi connectivity index (χ1) is 12.5. The van der Waals surface area contributed by atoms with Crippen LogP contribution in [0, 0.1) is 11.6 Å². The third kappa shape index (κ3) is 4.22. The Balaban J connectivity index is 2.33.